The molecule has 174 valence electrons. The molecule has 0 fully saturated rings. The van der Waals surface area contributed by atoms with Gasteiger partial charge in [0, 0.05) is 23.6 Å². The number of fused-ring (bicyclic) bond motifs is 2. The summed E-state index contributed by atoms with van der Waals surface area (Å²) in [6.45, 7) is 0.0333. The quantitative estimate of drug-likeness (QED) is 0.305. The molecule has 4 N–H and O–H groups in total. The van der Waals surface area contributed by atoms with Gasteiger partial charge in [-0.2, -0.15) is 18.3 Å². The van der Waals surface area contributed by atoms with Gasteiger partial charge in [-0.15, -0.1) is 0 Å². The van der Waals surface area contributed by atoms with Gasteiger partial charge in [0.25, 0.3) is 5.91 Å². The zero-order valence-electron chi connectivity index (χ0n) is 17.7. The number of nitrogens with one attached hydrogen (secondary N) is 4. The first kappa shape index (κ1) is 20.8. The summed E-state index contributed by atoms with van der Waals surface area (Å²) in [5.74, 6) is -0.311. The molecule has 0 saturated carbocycles. The topological polar surface area (TPSA) is 124 Å². The van der Waals surface area contributed by atoms with Gasteiger partial charge in [-0.1, -0.05) is 24.3 Å². The average molecular weight is 476 g/mol. The number of hydrogen-bond acceptors (Lipinski definition) is 6. The Labute approximate surface area is 194 Å². The monoisotopic (exact) mass is 476 g/mol. The number of amides is 1. The van der Waals surface area contributed by atoms with Gasteiger partial charge in [0.1, 0.15) is 5.82 Å². The summed E-state index contributed by atoms with van der Waals surface area (Å²) in [5.41, 5.74) is 0.0778. The lowest BCUT2D eigenvalue weighted by Crippen LogP contribution is -2.18. The molecule has 0 atom stereocenters. The molecule has 0 radical (unpaired) electrons. The van der Waals surface area contributed by atoms with Crippen molar-refractivity contribution in [1.82, 2.24) is 35.5 Å². The Morgan fingerprint density at radius 2 is 1.91 bits per heavy atom. The Bertz CT molecular complexity index is 1590. The van der Waals surface area contributed by atoms with Crippen molar-refractivity contribution >= 4 is 28.4 Å². The van der Waals surface area contributed by atoms with Crippen LogP contribution >= 0.6 is 0 Å². The minimum atomic E-state index is -4.80. The fraction of sp³-hybridized carbons (Fsp3) is 0.0870. The fourth-order valence-electron chi connectivity index (χ4n) is 4.14. The molecule has 6 rings (SSSR count). The molecule has 1 amide bonds. The van der Waals surface area contributed by atoms with Gasteiger partial charge >= 0.3 is 6.18 Å². The summed E-state index contributed by atoms with van der Waals surface area (Å²) in [6, 6.07) is 11.7. The lowest BCUT2D eigenvalue weighted by molar-refractivity contribution is -0.137. The fourth-order valence-corrected chi connectivity index (χ4v) is 4.14. The highest BCUT2D eigenvalue weighted by Gasteiger charge is 2.41. The molecule has 9 nitrogen and oxygen atoms in total. The minimum absolute atomic E-state index is 0.0333. The van der Waals surface area contributed by atoms with Gasteiger partial charge in [-0.3, -0.25) is 9.89 Å². The number of H-pyrrole nitrogens is 2. The van der Waals surface area contributed by atoms with Crippen molar-refractivity contribution < 1.29 is 18.0 Å². The number of carbonyl (C=O) groups is 1. The number of benzene rings is 2. The van der Waals surface area contributed by atoms with Crippen LogP contribution in [0.15, 0.2) is 55.0 Å². The second-order valence-corrected chi connectivity index (χ2v) is 7.87. The van der Waals surface area contributed by atoms with Crippen LogP contribution in [0.3, 0.4) is 0 Å². The second kappa shape index (κ2) is 7.65. The van der Waals surface area contributed by atoms with Crippen LogP contribution in [0, 0.1) is 0 Å². The van der Waals surface area contributed by atoms with Gasteiger partial charge < -0.3 is 15.6 Å². The summed E-state index contributed by atoms with van der Waals surface area (Å²) < 4.78 is 42.7. The standard InChI is InChI=1S/C23H15F3N8O/c24-23(25,26)19-13(6-5-11-8-28-22(35)18(11)19)20-30-15(16-9-27-10-29-16)7-17(31-20)32-21-12-3-1-2-4-14(12)33-34-21/h1-7,9-10H,8H2,(H,27,29)(H,28,35)(H2,30,31,32,33,34). The smallest absolute Gasteiger partial charge is 0.348 e. The highest BCUT2D eigenvalue weighted by atomic mass is 19.4. The van der Waals surface area contributed by atoms with E-state index in [2.05, 4.69) is 40.8 Å². The Morgan fingerprint density at radius 1 is 1.06 bits per heavy atom. The van der Waals surface area contributed by atoms with E-state index >= 15 is 0 Å². The summed E-state index contributed by atoms with van der Waals surface area (Å²) in [5, 5.41) is 13.4. The van der Waals surface area contributed by atoms with Crippen LogP contribution in [0.2, 0.25) is 0 Å². The molecule has 3 aromatic heterocycles. The van der Waals surface area contributed by atoms with Crippen molar-refractivity contribution in [2.45, 2.75) is 12.7 Å². The number of aromatic amines is 2. The Kier molecular flexibility index (Phi) is 4.56. The molecule has 0 aliphatic carbocycles. The van der Waals surface area contributed by atoms with Crippen LogP contribution in [-0.4, -0.2) is 36.0 Å². The van der Waals surface area contributed by atoms with Crippen LogP contribution in [0.4, 0.5) is 24.8 Å². The third kappa shape index (κ3) is 3.55. The van der Waals surface area contributed by atoms with E-state index in [4.69, 9.17) is 0 Å². The highest BCUT2D eigenvalue weighted by molar-refractivity contribution is 6.01. The van der Waals surface area contributed by atoms with Gasteiger partial charge in [0.05, 0.1) is 40.6 Å². The summed E-state index contributed by atoms with van der Waals surface area (Å²) in [6.07, 6.45) is -1.87. The number of carbonyl (C=O) groups excluding carboxylic acids is 1. The predicted molar refractivity (Wildman–Crippen MR) is 121 cm³/mol. The average Bonchev–Trinajstić information content (AvgIpc) is 3.59. The number of alkyl halides is 3. The van der Waals surface area contributed by atoms with E-state index in [1.165, 1.54) is 24.7 Å². The van der Waals surface area contributed by atoms with E-state index < -0.39 is 23.2 Å². The van der Waals surface area contributed by atoms with Crippen LogP contribution in [0.25, 0.3) is 33.7 Å². The first-order valence-corrected chi connectivity index (χ1v) is 10.5. The van der Waals surface area contributed by atoms with Crippen molar-refractivity contribution in [2.75, 3.05) is 5.32 Å². The Hall–Kier alpha value is -4.74. The van der Waals surface area contributed by atoms with Crippen LogP contribution in [0.1, 0.15) is 21.5 Å². The van der Waals surface area contributed by atoms with E-state index in [9.17, 15) is 18.0 Å². The van der Waals surface area contributed by atoms with Crippen LogP contribution in [0.5, 0.6) is 0 Å². The largest absolute Gasteiger partial charge is 0.417 e. The molecule has 0 unspecified atom stereocenters. The number of hydrogen-bond donors (Lipinski definition) is 4. The molecule has 0 spiro atoms. The molecule has 2 aromatic carbocycles. The van der Waals surface area contributed by atoms with Crippen molar-refractivity contribution in [2.24, 2.45) is 0 Å². The second-order valence-electron chi connectivity index (χ2n) is 7.87. The molecule has 1 aliphatic heterocycles. The lowest BCUT2D eigenvalue weighted by Gasteiger charge is -2.16. The Balaban J connectivity index is 1.55. The number of nitrogens with zero attached hydrogens (tertiary/aromatic N) is 4. The molecule has 4 heterocycles. The van der Waals surface area contributed by atoms with Gasteiger partial charge in [-0.25, -0.2) is 15.0 Å². The summed E-state index contributed by atoms with van der Waals surface area (Å²) in [7, 11) is 0. The summed E-state index contributed by atoms with van der Waals surface area (Å²) in [4.78, 5) is 27.9. The summed E-state index contributed by atoms with van der Waals surface area (Å²) >= 11 is 0. The lowest BCUT2D eigenvalue weighted by atomic mass is 9.96. The molecule has 5 aromatic rings. The number of rotatable bonds is 4. The number of imidazole rings is 1. The zero-order valence-corrected chi connectivity index (χ0v) is 17.7. The highest BCUT2D eigenvalue weighted by Crippen LogP contribution is 2.41. The molecule has 12 heteroatoms. The van der Waals surface area contributed by atoms with E-state index in [0.29, 0.717) is 17.2 Å². The van der Waals surface area contributed by atoms with Crippen molar-refractivity contribution in [3.8, 4) is 22.8 Å². The maximum absolute atomic E-state index is 14.2. The van der Waals surface area contributed by atoms with Crippen molar-refractivity contribution in [3.05, 3.63) is 71.7 Å². The number of aromatic nitrogens is 6. The van der Waals surface area contributed by atoms with E-state index in [1.54, 1.807) is 6.07 Å². The SMILES string of the molecule is O=C1NCc2ccc(-c3nc(Nc4n[nH]c5ccccc45)cc(-c4cnc[nH]4)n3)c(C(F)(F)F)c21. The van der Waals surface area contributed by atoms with E-state index in [0.717, 1.165) is 10.9 Å². The Morgan fingerprint density at radius 3 is 2.71 bits per heavy atom. The number of anilines is 2. The van der Waals surface area contributed by atoms with Gasteiger partial charge in [0.2, 0.25) is 0 Å². The number of para-hydroxylation sites is 1. The van der Waals surface area contributed by atoms with Crippen LogP contribution < -0.4 is 10.6 Å². The number of halogens is 3. The maximum Gasteiger partial charge on any atom is 0.417 e. The van der Waals surface area contributed by atoms with Gasteiger partial charge in [0.15, 0.2) is 11.6 Å². The zero-order chi connectivity index (χ0) is 24.2. The van der Waals surface area contributed by atoms with E-state index in [-0.39, 0.29) is 29.3 Å². The first-order valence-electron chi connectivity index (χ1n) is 10.5. The van der Waals surface area contributed by atoms with Crippen molar-refractivity contribution in [1.29, 1.82) is 0 Å². The third-order valence-corrected chi connectivity index (χ3v) is 5.70. The molecule has 0 bridgehead atoms. The molecule has 1 aliphatic rings. The van der Waals surface area contributed by atoms with Gasteiger partial charge in [-0.05, 0) is 17.7 Å². The predicted octanol–water partition coefficient (Wildman–Crippen LogP) is 4.42. The maximum atomic E-state index is 14.2. The van der Waals surface area contributed by atoms with Crippen molar-refractivity contribution in [3.63, 3.8) is 0 Å². The van der Waals surface area contributed by atoms with E-state index in [1.807, 2.05) is 24.3 Å². The molecular formula is C23H15F3N8O. The van der Waals surface area contributed by atoms with Crippen LogP contribution in [-0.2, 0) is 12.7 Å². The minimum Gasteiger partial charge on any atom is -0.348 e. The molecular weight excluding hydrogens is 461 g/mol. The normalized spacial score (nSPS) is 13.2. The molecule has 35 heavy (non-hydrogen) atoms. The molecule has 0 saturated heterocycles. The first-order chi connectivity index (χ1) is 16.9. The third-order valence-electron chi connectivity index (χ3n) is 5.70.